The van der Waals surface area contributed by atoms with Gasteiger partial charge in [0.2, 0.25) is 5.82 Å². The van der Waals surface area contributed by atoms with Gasteiger partial charge in [0.05, 0.1) is 57.1 Å². The van der Waals surface area contributed by atoms with Gasteiger partial charge in [-0.1, -0.05) is 45.8 Å². The maximum atomic E-state index is 9.77. The van der Waals surface area contributed by atoms with Crippen molar-refractivity contribution in [2.45, 2.75) is 161 Å². The highest BCUT2D eigenvalue weighted by atomic mass is 35.5. The van der Waals surface area contributed by atoms with Gasteiger partial charge in [0.25, 0.3) is 0 Å². The number of halogens is 2. The topological polar surface area (TPSA) is 293 Å². The van der Waals surface area contributed by atoms with Crippen LogP contribution < -0.4 is 21.3 Å². The minimum Gasteiger partial charge on any atom is -0.381 e. The number of hydrogen-bond acceptors (Lipinski definition) is 20. The molecule has 4 fully saturated rings. The summed E-state index contributed by atoms with van der Waals surface area (Å²) in [5.41, 5.74) is 4.57. The van der Waals surface area contributed by atoms with Gasteiger partial charge in [-0.15, -0.1) is 20.4 Å². The highest BCUT2D eigenvalue weighted by Crippen LogP contribution is 2.36. The second-order valence-electron chi connectivity index (χ2n) is 23.3. The fraction of sp³-hybridized carbons (Fsp3) is 0.600. The Bertz CT molecular complexity index is 3040. The van der Waals surface area contributed by atoms with Gasteiger partial charge in [0, 0.05) is 98.6 Å². The van der Waals surface area contributed by atoms with Crippen molar-refractivity contribution < 1.29 is 18.9 Å². The minimum atomic E-state index is -0.424. The molecule has 10 rings (SSSR count). The lowest BCUT2D eigenvalue weighted by molar-refractivity contribution is 0.0232. The number of nitriles is 2. The molecule has 6 aromatic heterocycles. The number of H-pyrrole nitrogens is 2. The van der Waals surface area contributed by atoms with Gasteiger partial charge in [0.1, 0.15) is 24.3 Å². The second-order valence-corrected chi connectivity index (χ2v) is 24.1. The van der Waals surface area contributed by atoms with Crippen LogP contribution in [0.1, 0.15) is 134 Å². The van der Waals surface area contributed by atoms with E-state index in [1.54, 1.807) is 12.4 Å². The number of anilines is 2. The number of pyridine rings is 4. The van der Waals surface area contributed by atoms with E-state index >= 15 is 0 Å². The third-order valence-corrected chi connectivity index (χ3v) is 17.7. The van der Waals surface area contributed by atoms with Gasteiger partial charge in [-0.25, -0.2) is 9.97 Å². The molecule has 0 amide bonds. The van der Waals surface area contributed by atoms with E-state index in [0.717, 1.165) is 135 Å². The number of aromatic nitrogens is 12. The molecule has 0 radical (unpaired) electrons. The summed E-state index contributed by atoms with van der Waals surface area (Å²) in [5.74, 6) is 3.76. The van der Waals surface area contributed by atoms with Gasteiger partial charge in [-0.05, 0) is 166 Å². The highest BCUT2D eigenvalue weighted by Gasteiger charge is 2.34. The summed E-state index contributed by atoms with van der Waals surface area (Å²) < 4.78 is 22.7. The van der Waals surface area contributed by atoms with E-state index in [9.17, 15) is 10.5 Å². The molecule has 84 heavy (non-hydrogen) atoms. The van der Waals surface area contributed by atoms with Gasteiger partial charge >= 0.3 is 0 Å². The molecule has 6 aromatic rings. The van der Waals surface area contributed by atoms with Crippen LogP contribution in [0.5, 0.6) is 0 Å². The number of ether oxygens (including phenoxy) is 4. The maximum Gasteiger partial charge on any atom is 0.202 e. The Hall–Kier alpha value is -6.34. The number of aromatic amines is 2. The summed E-state index contributed by atoms with van der Waals surface area (Å²) >= 11 is 13.2. The van der Waals surface area contributed by atoms with E-state index in [2.05, 4.69) is 118 Å². The Kier molecular flexibility index (Phi) is 22.7. The number of nitrogens with one attached hydrogen (secondary N) is 6. The fourth-order valence-electron chi connectivity index (χ4n) is 11.6. The van der Waals surface area contributed by atoms with E-state index < -0.39 is 10.8 Å². The summed E-state index contributed by atoms with van der Waals surface area (Å²) in [5, 5.41) is 62.9. The van der Waals surface area contributed by atoms with Crippen LogP contribution in [0.15, 0.2) is 60.9 Å². The molecule has 2 saturated heterocycles. The van der Waals surface area contributed by atoms with Crippen molar-refractivity contribution in [3.05, 3.63) is 94.0 Å². The van der Waals surface area contributed by atoms with Gasteiger partial charge < -0.3 is 40.2 Å². The first-order valence-corrected chi connectivity index (χ1v) is 30.5. The van der Waals surface area contributed by atoms with Crippen LogP contribution in [0.3, 0.4) is 0 Å². The van der Waals surface area contributed by atoms with Crippen molar-refractivity contribution in [3.63, 3.8) is 0 Å². The van der Waals surface area contributed by atoms with Crippen molar-refractivity contribution in [2.24, 2.45) is 22.7 Å². The second kappa shape index (κ2) is 30.6. The average Bonchev–Trinajstić information content (AvgIpc) is 4.35. The number of tetrazole rings is 2. The molecule has 0 aromatic carbocycles. The fourth-order valence-corrected chi connectivity index (χ4v) is 12.0. The van der Waals surface area contributed by atoms with Gasteiger partial charge in [-0.3, -0.25) is 9.97 Å². The molecule has 4 aliphatic rings. The van der Waals surface area contributed by atoms with Gasteiger partial charge in [-0.2, -0.15) is 21.0 Å². The monoisotopic (exact) mass is 1190 g/mol. The molecule has 448 valence electrons. The van der Waals surface area contributed by atoms with Crippen LogP contribution in [0, 0.1) is 45.3 Å². The molecular formula is C60H80Cl2N18O4. The SMILES string of the molecule is C[C@@H](NC1CCC(Cc2cc(-c3cccc(NCC4(C#N)CCOCC4)n3)c(Cl)cn2)CC1)[C@@H](C)OCc1nn[nH]n1.C[C@H](OC[C@H](C)NC1CCC(Cc2cc(-c3cccc(NCC4(C#N)CCOCC4)n3)c(Cl)cn2)CC1)c1nn[nH]n1. The minimum absolute atomic E-state index is 0.0366. The van der Waals surface area contributed by atoms with E-state index in [0.29, 0.717) is 98.3 Å². The van der Waals surface area contributed by atoms with Crippen molar-refractivity contribution in [1.29, 1.82) is 10.5 Å². The molecule has 24 heteroatoms. The zero-order valence-corrected chi connectivity index (χ0v) is 50.2. The summed E-state index contributed by atoms with van der Waals surface area (Å²) in [6, 6.07) is 22.3. The maximum absolute atomic E-state index is 9.77. The number of nitrogens with zero attached hydrogens (tertiary/aromatic N) is 12. The Morgan fingerprint density at radius 2 is 1.15 bits per heavy atom. The van der Waals surface area contributed by atoms with Crippen LogP contribution in [-0.4, -0.2) is 138 Å². The van der Waals surface area contributed by atoms with Crippen LogP contribution in [0.2, 0.25) is 10.0 Å². The van der Waals surface area contributed by atoms with Crippen molar-refractivity contribution in [3.8, 4) is 34.7 Å². The average molecular weight is 1190 g/mol. The third kappa shape index (κ3) is 17.9. The highest BCUT2D eigenvalue weighted by molar-refractivity contribution is 6.33. The Morgan fingerprint density at radius 1 is 0.655 bits per heavy atom. The van der Waals surface area contributed by atoms with Gasteiger partial charge in [0.15, 0.2) is 5.82 Å². The van der Waals surface area contributed by atoms with Crippen molar-refractivity contribution >= 4 is 34.8 Å². The Labute approximate surface area is 502 Å². The standard InChI is InChI=1S/2C30H40ClN9O2/c1-20(21(2)42-17-29-37-39-40-38-29)35-23-8-6-22(7-9-23)14-24-15-25(26(31)16-33-24)27-4-3-5-28(36-27)34-19-30(18-32)10-12-41-13-11-30;1-20(17-42-21(2)29-37-39-40-38-29)35-23-8-6-22(7-9-23)14-24-15-25(26(31)16-33-24)27-4-3-5-28(36-27)34-19-30(18-32)10-12-41-13-11-30/h2*3-5,15-16,20-23,35H,6-14,17,19H2,1-2H3,(H,34,36)(H,37,38,39,40)/t2*20-,21-,22?,23?/m10/s1. The first-order chi connectivity index (χ1) is 40.9. The first kappa shape index (κ1) is 62.2. The molecule has 4 atom stereocenters. The van der Waals surface area contributed by atoms with Crippen LogP contribution in [0.25, 0.3) is 22.5 Å². The smallest absolute Gasteiger partial charge is 0.202 e. The normalized spacial score (nSPS) is 21.8. The predicted molar refractivity (Wildman–Crippen MR) is 319 cm³/mol. The largest absolute Gasteiger partial charge is 0.381 e. The van der Waals surface area contributed by atoms with E-state index in [1.807, 2.05) is 43.3 Å². The molecule has 0 bridgehead atoms. The molecule has 0 unspecified atom stereocenters. The van der Waals surface area contributed by atoms with E-state index in [4.69, 9.17) is 52.1 Å². The molecule has 2 aliphatic carbocycles. The zero-order valence-electron chi connectivity index (χ0n) is 48.7. The van der Waals surface area contributed by atoms with Crippen molar-refractivity contribution in [2.75, 3.05) is 56.8 Å². The lowest BCUT2D eigenvalue weighted by Crippen LogP contribution is -2.45. The van der Waals surface area contributed by atoms with Crippen LogP contribution in [-0.2, 0) is 38.4 Å². The van der Waals surface area contributed by atoms with Crippen LogP contribution >= 0.6 is 23.2 Å². The summed E-state index contributed by atoms with van der Waals surface area (Å²) in [6.07, 6.45) is 17.1. The number of hydrogen-bond donors (Lipinski definition) is 6. The predicted octanol–water partition coefficient (Wildman–Crippen LogP) is 9.63. The molecule has 22 nitrogen and oxygen atoms in total. The molecule has 8 heterocycles. The van der Waals surface area contributed by atoms with Crippen LogP contribution in [0.4, 0.5) is 11.6 Å². The lowest BCUT2D eigenvalue weighted by Gasteiger charge is -2.33. The molecule has 2 saturated carbocycles. The Morgan fingerprint density at radius 3 is 1.63 bits per heavy atom. The molecular weight excluding hydrogens is 1110 g/mol. The molecule has 6 N–H and O–H groups in total. The van der Waals surface area contributed by atoms with E-state index in [-0.39, 0.29) is 24.3 Å². The van der Waals surface area contributed by atoms with Crippen molar-refractivity contribution in [1.82, 2.24) is 71.8 Å². The summed E-state index contributed by atoms with van der Waals surface area (Å²) in [6.45, 7) is 12.8. The van der Waals surface area contributed by atoms with E-state index in [1.165, 1.54) is 0 Å². The summed E-state index contributed by atoms with van der Waals surface area (Å²) in [7, 11) is 0. The molecule has 0 spiro atoms. The first-order valence-electron chi connectivity index (χ1n) is 29.8. The summed E-state index contributed by atoms with van der Waals surface area (Å²) in [4.78, 5) is 19.0. The zero-order chi connectivity index (χ0) is 58.7. The molecule has 2 aliphatic heterocycles. The number of rotatable bonds is 24. The Balaban J connectivity index is 0.000000202. The lowest BCUT2D eigenvalue weighted by atomic mass is 9.82. The quantitative estimate of drug-likeness (QED) is 0.0329. The third-order valence-electron chi connectivity index (χ3n) is 17.1.